The third-order valence-corrected chi connectivity index (χ3v) is 5.11. The van der Waals surface area contributed by atoms with Crippen molar-refractivity contribution in [3.63, 3.8) is 0 Å². The van der Waals surface area contributed by atoms with Crippen LogP contribution in [0.4, 0.5) is 4.39 Å². The fraction of sp³-hybridized carbons (Fsp3) is 0.227. The van der Waals surface area contributed by atoms with Gasteiger partial charge in [-0.05, 0) is 31.0 Å². The lowest BCUT2D eigenvalue weighted by Gasteiger charge is -2.32. The maximum atomic E-state index is 13.8. The number of nitrogens with one attached hydrogen (secondary N) is 2. The summed E-state index contributed by atoms with van der Waals surface area (Å²) in [6.45, 7) is 1.03. The second-order valence-electron chi connectivity index (χ2n) is 7.05. The summed E-state index contributed by atoms with van der Waals surface area (Å²) in [7, 11) is 0. The van der Waals surface area contributed by atoms with E-state index in [1.165, 1.54) is 12.1 Å². The molecule has 1 fully saturated rings. The molecule has 2 amide bonds. The Kier molecular flexibility index (Phi) is 5.37. The van der Waals surface area contributed by atoms with Gasteiger partial charge in [0, 0.05) is 24.7 Å². The number of aromatic amines is 1. The lowest BCUT2D eigenvalue weighted by molar-refractivity contribution is 0.0692. The summed E-state index contributed by atoms with van der Waals surface area (Å²) in [6.07, 6.45) is 1.23. The fourth-order valence-electron chi connectivity index (χ4n) is 3.49. The standard InChI is InChI=1S/C22H21FN4O2/c23-18-9-5-4-8-17(18)21(28)24-16-10-12-27(13-11-16)22(29)20-14-19(25-26-20)15-6-2-1-3-7-15/h1-9,14,16H,10-13H2,(H,24,28)(H,25,26). The molecular formula is C22H21FN4O2. The molecule has 7 heteroatoms. The fourth-order valence-corrected chi connectivity index (χ4v) is 3.49. The lowest BCUT2D eigenvalue weighted by atomic mass is 10.0. The van der Waals surface area contributed by atoms with Crippen molar-refractivity contribution < 1.29 is 14.0 Å². The molecule has 0 radical (unpaired) electrons. The number of amides is 2. The Labute approximate surface area is 167 Å². The Bertz CT molecular complexity index is 1010. The Morgan fingerprint density at radius 1 is 1.03 bits per heavy atom. The topological polar surface area (TPSA) is 78.1 Å². The van der Waals surface area contributed by atoms with Crippen LogP contribution in [0.25, 0.3) is 11.3 Å². The van der Waals surface area contributed by atoms with E-state index in [9.17, 15) is 14.0 Å². The number of likely N-dealkylation sites (tertiary alicyclic amines) is 1. The molecule has 4 rings (SSSR count). The van der Waals surface area contributed by atoms with Gasteiger partial charge in [0.25, 0.3) is 11.8 Å². The molecule has 1 aromatic heterocycles. The second kappa shape index (κ2) is 8.26. The highest BCUT2D eigenvalue weighted by atomic mass is 19.1. The molecule has 0 bridgehead atoms. The van der Waals surface area contributed by atoms with Crippen molar-refractivity contribution in [1.29, 1.82) is 0 Å². The smallest absolute Gasteiger partial charge is 0.271 e. The number of hydrogen-bond donors (Lipinski definition) is 2. The van der Waals surface area contributed by atoms with Crippen LogP contribution in [0.15, 0.2) is 60.7 Å². The number of piperidine rings is 1. The van der Waals surface area contributed by atoms with Gasteiger partial charge in [-0.2, -0.15) is 5.10 Å². The van der Waals surface area contributed by atoms with Gasteiger partial charge in [0.05, 0.1) is 11.3 Å². The lowest BCUT2D eigenvalue weighted by Crippen LogP contribution is -2.46. The Morgan fingerprint density at radius 3 is 2.45 bits per heavy atom. The van der Waals surface area contributed by atoms with Gasteiger partial charge in [-0.25, -0.2) is 4.39 Å². The maximum absolute atomic E-state index is 13.8. The number of benzene rings is 2. The van der Waals surface area contributed by atoms with Gasteiger partial charge in [-0.15, -0.1) is 0 Å². The number of aromatic nitrogens is 2. The second-order valence-corrected chi connectivity index (χ2v) is 7.05. The Balaban J connectivity index is 1.34. The third-order valence-electron chi connectivity index (χ3n) is 5.11. The zero-order valence-corrected chi connectivity index (χ0v) is 15.8. The number of carbonyl (C=O) groups excluding carboxylic acids is 2. The van der Waals surface area contributed by atoms with Gasteiger partial charge in [-0.1, -0.05) is 42.5 Å². The number of nitrogens with zero attached hydrogens (tertiary/aromatic N) is 2. The molecule has 2 N–H and O–H groups in total. The van der Waals surface area contributed by atoms with Crippen LogP contribution < -0.4 is 5.32 Å². The summed E-state index contributed by atoms with van der Waals surface area (Å²) >= 11 is 0. The first-order chi connectivity index (χ1) is 14.1. The van der Waals surface area contributed by atoms with Crippen molar-refractivity contribution in [3.05, 3.63) is 77.7 Å². The molecule has 0 aliphatic carbocycles. The van der Waals surface area contributed by atoms with E-state index in [4.69, 9.17) is 0 Å². The molecule has 6 nitrogen and oxygen atoms in total. The molecule has 3 aromatic rings. The number of hydrogen-bond acceptors (Lipinski definition) is 3. The highest BCUT2D eigenvalue weighted by Crippen LogP contribution is 2.19. The van der Waals surface area contributed by atoms with E-state index in [2.05, 4.69) is 15.5 Å². The summed E-state index contributed by atoms with van der Waals surface area (Å²) in [5.41, 5.74) is 2.15. The Morgan fingerprint density at radius 2 is 1.72 bits per heavy atom. The largest absolute Gasteiger partial charge is 0.349 e. The number of halogens is 1. The van der Waals surface area contributed by atoms with Crippen molar-refractivity contribution >= 4 is 11.8 Å². The van der Waals surface area contributed by atoms with Gasteiger partial charge < -0.3 is 10.2 Å². The van der Waals surface area contributed by atoms with Crippen molar-refractivity contribution in [2.45, 2.75) is 18.9 Å². The minimum absolute atomic E-state index is 0.0388. The molecular weight excluding hydrogens is 371 g/mol. The van der Waals surface area contributed by atoms with Crippen molar-refractivity contribution in [2.24, 2.45) is 0 Å². The first kappa shape index (κ1) is 18.9. The molecule has 1 saturated heterocycles. The third kappa shape index (κ3) is 4.18. The zero-order chi connectivity index (χ0) is 20.2. The predicted molar refractivity (Wildman–Crippen MR) is 107 cm³/mol. The van der Waals surface area contributed by atoms with Crippen LogP contribution in [0.3, 0.4) is 0 Å². The maximum Gasteiger partial charge on any atom is 0.271 e. The summed E-state index contributed by atoms with van der Waals surface area (Å²) in [6, 6.07) is 17.2. The monoisotopic (exact) mass is 392 g/mol. The average Bonchev–Trinajstić information content (AvgIpc) is 3.25. The summed E-state index contributed by atoms with van der Waals surface area (Å²) in [4.78, 5) is 26.8. The molecule has 0 saturated carbocycles. The van der Waals surface area contributed by atoms with Gasteiger partial charge >= 0.3 is 0 Å². The van der Waals surface area contributed by atoms with Crippen LogP contribution in [0.1, 0.15) is 33.7 Å². The van der Waals surface area contributed by atoms with E-state index in [-0.39, 0.29) is 17.5 Å². The SMILES string of the molecule is O=C(NC1CCN(C(=O)c2cc(-c3ccccc3)n[nH]2)CC1)c1ccccc1F. The molecule has 148 valence electrons. The molecule has 29 heavy (non-hydrogen) atoms. The van der Waals surface area contributed by atoms with E-state index in [0.29, 0.717) is 31.6 Å². The van der Waals surface area contributed by atoms with E-state index >= 15 is 0 Å². The molecule has 1 aliphatic heterocycles. The van der Waals surface area contributed by atoms with Crippen LogP contribution in [0.2, 0.25) is 0 Å². The van der Waals surface area contributed by atoms with Gasteiger partial charge in [0.15, 0.2) is 0 Å². The van der Waals surface area contributed by atoms with Gasteiger partial charge in [-0.3, -0.25) is 14.7 Å². The van der Waals surface area contributed by atoms with Crippen molar-refractivity contribution in [1.82, 2.24) is 20.4 Å². The van der Waals surface area contributed by atoms with E-state index in [1.807, 2.05) is 30.3 Å². The first-order valence-electron chi connectivity index (χ1n) is 9.57. The van der Waals surface area contributed by atoms with Crippen LogP contribution >= 0.6 is 0 Å². The van der Waals surface area contributed by atoms with Crippen LogP contribution in [-0.4, -0.2) is 46.0 Å². The number of carbonyl (C=O) groups is 2. The Hall–Kier alpha value is -3.48. The summed E-state index contributed by atoms with van der Waals surface area (Å²) < 4.78 is 13.8. The summed E-state index contributed by atoms with van der Waals surface area (Å²) in [5, 5.41) is 9.92. The van der Waals surface area contributed by atoms with Crippen molar-refractivity contribution in [3.8, 4) is 11.3 Å². The molecule has 0 atom stereocenters. The van der Waals surface area contributed by atoms with Crippen LogP contribution in [0.5, 0.6) is 0 Å². The van der Waals surface area contributed by atoms with Crippen LogP contribution in [-0.2, 0) is 0 Å². The first-order valence-corrected chi connectivity index (χ1v) is 9.57. The molecule has 2 heterocycles. The molecule has 1 aliphatic rings. The van der Waals surface area contributed by atoms with E-state index in [0.717, 1.165) is 11.3 Å². The van der Waals surface area contributed by atoms with E-state index < -0.39 is 11.7 Å². The van der Waals surface area contributed by atoms with E-state index in [1.54, 1.807) is 23.1 Å². The predicted octanol–water partition coefficient (Wildman–Crippen LogP) is 3.25. The number of H-pyrrole nitrogens is 1. The highest BCUT2D eigenvalue weighted by molar-refractivity contribution is 5.95. The van der Waals surface area contributed by atoms with Crippen molar-refractivity contribution in [2.75, 3.05) is 13.1 Å². The normalized spacial score (nSPS) is 14.6. The highest BCUT2D eigenvalue weighted by Gasteiger charge is 2.26. The quantitative estimate of drug-likeness (QED) is 0.715. The minimum atomic E-state index is -0.536. The minimum Gasteiger partial charge on any atom is -0.349 e. The molecule has 2 aromatic carbocycles. The molecule has 0 spiro atoms. The molecule has 0 unspecified atom stereocenters. The van der Waals surface area contributed by atoms with Gasteiger partial charge in [0.1, 0.15) is 11.5 Å². The van der Waals surface area contributed by atoms with Gasteiger partial charge in [0.2, 0.25) is 0 Å². The number of rotatable bonds is 4. The van der Waals surface area contributed by atoms with Crippen LogP contribution in [0, 0.1) is 5.82 Å². The average molecular weight is 392 g/mol. The zero-order valence-electron chi connectivity index (χ0n) is 15.8. The summed E-state index contributed by atoms with van der Waals surface area (Å²) in [5.74, 6) is -1.07.